The smallest absolute Gasteiger partial charge is 0.236 e. The number of ether oxygens (including phenoxy) is 3. The summed E-state index contributed by atoms with van der Waals surface area (Å²) in [5.41, 5.74) is 2.71. The molecule has 0 aliphatic carbocycles. The molecular weight excluding hydrogens is 392 g/mol. The predicted molar refractivity (Wildman–Crippen MR) is 120 cm³/mol. The number of rotatable bonds is 10. The number of fused-ring (bicyclic) bond motifs is 1. The molecule has 0 radical (unpaired) electrons. The molecule has 172 valence electrons. The highest BCUT2D eigenvalue weighted by molar-refractivity contribution is 5.78. The van der Waals surface area contributed by atoms with Crippen molar-refractivity contribution in [2.24, 2.45) is 0 Å². The first-order chi connectivity index (χ1) is 15.2. The Bertz CT molecular complexity index is 728. The van der Waals surface area contributed by atoms with Gasteiger partial charge in [-0.15, -0.1) is 0 Å². The molecule has 6 heteroatoms. The Morgan fingerprint density at radius 2 is 1.87 bits per heavy atom. The van der Waals surface area contributed by atoms with Gasteiger partial charge in [0.05, 0.1) is 26.4 Å². The van der Waals surface area contributed by atoms with E-state index in [-0.39, 0.29) is 12.2 Å². The zero-order valence-corrected chi connectivity index (χ0v) is 19.2. The summed E-state index contributed by atoms with van der Waals surface area (Å²) in [7, 11) is 0. The molecule has 0 spiro atoms. The van der Waals surface area contributed by atoms with Crippen molar-refractivity contribution in [1.29, 1.82) is 0 Å². The lowest BCUT2D eigenvalue weighted by Crippen LogP contribution is -2.43. The first kappa shape index (κ1) is 22.6. The fraction of sp³-hybridized carbons (Fsp3) is 0.720. The van der Waals surface area contributed by atoms with Gasteiger partial charge in [-0.1, -0.05) is 26.0 Å². The van der Waals surface area contributed by atoms with Crippen LogP contribution in [0.2, 0.25) is 0 Å². The first-order valence-corrected chi connectivity index (χ1v) is 12.2. The van der Waals surface area contributed by atoms with E-state index < -0.39 is 0 Å². The van der Waals surface area contributed by atoms with Crippen LogP contribution in [0.1, 0.15) is 63.0 Å². The fourth-order valence-electron chi connectivity index (χ4n) is 5.26. The third-order valence-corrected chi connectivity index (χ3v) is 6.82. The summed E-state index contributed by atoms with van der Waals surface area (Å²) in [6.45, 7) is 9.62. The number of carbonyl (C=O) groups excluding carboxylic acids is 1. The normalized spacial score (nSPS) is 23.8. The molecule has 3 aliphatic rings. The van der Waals surface area contributed by atoms with Crippen LogP contribution in [0.3, 0.4) is 0 Å². The van der Waals surface area contributed by atoms with Gasteiger partial charge in [0.25, 0.3) is 0 Å². The van der Waals surface area contributed by atoms with Crippen LogP contribution in [0.25, 0.3) is 0 Å². The lowest BCUT2D eigenvalue weighted by Gasteiger charge is -2.28. The summed E-state index contributed by atoms with van der Waals surface area (Å²) in [5.74, 6) is 1.76. The van der Waals surface area contributed by atoms with E-state index in [4.69, 9.17) is 14.2 Å². The topological polar surface area (TPSA) is 51.2 Å². The Morgan fingerprint density at radius 1 is 1.10 bits per heavy atom. The number of carbonyl (C=O) groups is 1. The van der Waals surface area contributed by atoms with Crippen molar-refractivity contribution in [2.75, 3.05) is 46.0 Å². The molecule has 2 fully saturated rings. The van der Waals surface area contributed by atoms with Gasteiger partial charge in [-0.25, -0.2) is 0 Å². The molecule has 0 saturated carbocycles. The van der Waals surface area contributed by atoms with Crippen molar-refractivity contribution >= 4 is 5.91 Å². The van der Waals surface area contributed by atoms with Crippen molar-refractivity contribution in [3.8, 4) is 5.75 Å². The Morgan fingerprint density at radius 3 is 2.61 bits per heavy atom. The molecule has 3 aliphatic heterocycles. The van der Waals surface area contributed by atoms with Gasteiger partial charge >= 0.3 is 0 Å². The van der Waals surface area contributed by atoms with Gasteiger partial charge in [-0.2, -0.15) is 0 Å². The average Bonchev–Trinajstić information content (AvgIpc) is 3.52. The molecule has 1 aromatic rings. The summed E-state index contributed by atoms with van der Waals surface area (Å²) < 4.78 is 17.0. The van der Waals surface area contributed by atoms with Crippen LogP contribution < -0.4 is 4.74 Å². The first-order valence-electron chi connectivity index (χ1n) is 12.2. The van der Waals surface area contributed by atoms with Crippen molar-refractivity contribution in [3.05, 3.63) is 29.3 Å². The largest absolute Gasteiger partial charge is 0.493 e. The quantitative estimate of drug-likeness (QED) is 0.568. The van der Waals surface area contributed by atoms with Crippen LogP contribution in [-0.2, 0) is 20.7 Å². The van der Waals surface area contributed by atoms with Gasteiger partial charge in [-0.3, -0.25) is 9.69 Å². The third-order valence-electron chi connectivity index (χ3n) is 6.82. The molecule has 0 bridgehead atoms. The standard InChI is InChI=1S/C25H38N2O4/c1-3-10-26(11-4-2)24(28)18-27-17-21(16-22(27)6-8-25-30-13-14-31-25)19-5-7-23-20(15-19)9-12-29-23/h5,7,15,21-22,25H,3-4,6,8-14,16-18H2,1-2H3. The minimum atomic E-state index is -0.0783. The Labute approximate surface area is 186 Å². The number of hydrogen-bond acceptors (Lipinski definition) is 5. The molecule has 2 atom stereocenters. The number of nitrogens with zero attached hydrogens (tertiary/aromatic N) is 2. The van der Waals surface area contributed by atoms with Crippen LogP contribution in [0.5, 0.6) is 5.75 Å². The van der Waals surface area contributed by atoms with Crippen LogP contribution in [0, 0.1) is 0 Å². The monoisotopic (exact) mass is 430 g/mol. The predicted octanol–water partition coefficient (Wildman–Crippen LogP) is 3.58. The maximum Gasteiger partial charge on any atom is 0.236 e. The SMILES string of the molecule is CCCN(CCC)C(=O)CN1CC(c2ccc3c(c2)CCO3)CC1CCC1OCCO1. The van der Waals surface area contributed by atoms with Crippen LogP contribution in [-0.4, -0.2) is 74.0 Å². The van der Waals surface area contributed by atoms with E-state index in [0.717, 1.165) is 70.5 Å². The Kier molecular flexibility index (Phi) is 7.86. The second-order valence-corrected chi connectivity index (χ2v) is 9.11. The third kappa shape index (κ3) is 5.60. The van der Waals surface area contributed by atoms with E-state index in [1.54, 1.807) is 0 Å². The summed E-state index contributed by atoms with van der Waals surface area (Å²) in [4.78, 5) is 17.6. The van der Waals surface area contributed by atoms with Crippen molar-refractivity contribution in [1.82, 2.24) is 9.80 Å². The zero-order chi connectivity index (χ0) is 21.6. The summed E-state index contributed by atoms with van der Waals surface area (Å²) in [5, 5.41) is 0. The lowest BCUT2D eigenvalue weighted by atomic mass is 9.93. The second kappa shape index (κ2) is 10.8. The molecule has 2 saturated heterocycles. The number of likely N-dealkylation sites (tertiary alicyclic amines) is 1. The van der Waals surface area contributed by atoms with E-state index >= 15 is 0 Å². The minimum Gasteiger partial charge on any atom is -0.493 e. The summed E-state index contributed by atoms with van der Waals surface area (Å²) in [6.07, 6.45) is 5.92. The number of hydrogen-bond donors (Lipinski definition) is 0. The van der Waals surface area contributed by atoms with Crippen molar-refractivity contribution < 1.29 is 19.0 Å². The lowest BCUT2D eigenvalue weighted by molar-refractivity contribution is -0.132. The van der Waals surface area contributed by atoms with E-state index in [9.17, 15) is 4.79 Å². The van der Waals surface area contributed by atoms with Crippen LogP contribution in [0.15, 0.2) is 18.2 Å². The Hall–Kier alpha value is -1.63. The molecule has 1 amide bonds. The molecule has 1 aromatic carbocycles. The number of amides is 1. The molecule has 2 unspecified atom stereocenters. The van der Waals surface area contributed by atoms with Gasteiger partial charge in [0, 0.05) is 32.1 Å². The van der Waals surface area contributed by atoms with Gasteiger partial charge in [-0.05, 0) is 55.2 Å². The maximum absolute atomic E-state index is 13.1. The second-order valence-electron chi connectivity index (χ2n) is 9.11. The van der Waals surface area contributed by atoms with E-state index in [1.807, 2.05) is 4.90 Å². The Balaban J connectivity index is 1.44. The highest BCUT2D eigenvalue weighted by atomic mass is 16.7. The number of benzene rings is 1. The van der Waals surface area contributed by atoms with Crippen molar-refractivity contribution in [3.63, 3.8) is 0 Å². The van der Waals surface area contributed by atoms with Crippen molar-refractivity contribution in [2.45, 2.75) is 70.6 Å². The highest BCUT2D eigenvalue weighted by Gasteiger charge is 2.35. The maximum atomic E-state index is 13.1. The summed E-state index contributed by atoms with van der Waals surface area (Å²) >= 11 is 0. The molecule has 6 nitrogen and oxygen atoms in total. The fourth-order valence-corrected chi connectivity index (χ4v) is 5.26. The van der Waals surface area contributed by atoms with Crippen LogP contribution in [0.4, 0.5) is 0 Å². The average molecular weight is 431 g/mol. The summed E-state index contributed by atoms with van der Waals surface area (Å²) in [6, 6.07) is 7.07. The van der Waals surface area contributed by atoms with Gasteiger partial charge in [0.2, 0.25) is 5.91 Å². The highest BCUT2D eigenvalue weighted by Crippen LogP contribution is 2.37. The minimum absolute atomic E-state index is 0.0783. The van der Waals surface area contributed by atoms with E-state index in [0.29, 0.717) is 31.7 Å². The zero-order valence-electron chi connectivity index (χ0n) is 19.2. The van der Waals surface area contributed by atoms with E-state index in [2.05, 4.69) is 36.9 Å². The van der Waals surface area contributed by atoms with E-state index in [1.165, 1.54) is 11.1 Å². The van der Waals surface area contributed by atoms with Crippen LogP contribution >= 0.6 is 0 Å². The molecule has 0 N–H and O–H groups in total. The molecule has 0 aromatic heterocycles. The molecular formula is C25H38N2O4. The molecule has 3 heterocycles. The van der Waals surface area contributed by atoms with Gasteiger partial charge in [0.15, 0.2) is 6.29 Å². The molecule has 4 rings (SSSR count). The van der Waals surface area contributed by atoms with Gasteiger partial charge < -0.3 is 19.1 Å². The van der Waals surface area contributed by atoms with Gasteiger partial charge in [0.1, 0.15) is 5.75 Å². The molecule has 31 heavy (non-hydrogen) atoms.